The normalized spacial score (nSPS) is 29.1. The summed E-state index contributed by atoms with van der Waals surface area (Å²) < 4.78 is 13.6. The molecule has 1 aromatic rings. The number of nitrogens with one attached hydrogen (secondary N) is 3. The Morgan fingerprint density at radius 2 is 1.96 bits per heavy atom. The maximum atomic E-state index is 13.6. The summed E-state index contributed by atoms with van der Waals surface area (Å²) >= 11 is 0. The molecule has 1 aromatic carbocycles. The second-order valence-electron chi connectivity index (χ2n) is 8.27. The van der Waals surface area contributed by atoms with Gasteiger partial charge in [0, 0.05) is 25.6 Å². The number of hydrogen-bond acceptors (Lipinski definition) is 4. The molecular weight excluding hydrogens is 359 g/mol. The minimum atomic E-state index is -0.344. The van der Waals surface area contributed by atoms with Gasteiger partial charge in [-0.15, -0.1) is 0 Å². The van der Waals surface area contributed by atoms with Crippen molar-refractivity contribution in [3.05, 3.63) is 35.6 Å². The molecule has 4 rings (SSSR count). The Kier molecular flexibility index (Phi) is 5.92. The molecule has 3 aliphatic rings. The van der Waals surface area contributed by atoms with Crippen LogP contribution in [0.3, 0.4) is 0 Å². The molecule has 152 valence electrons. The predicted molar refractivity (Wildman–Crippen MR) is 104 cm³/mol. The zero-order valence-electron chi connectivity index (χ0n) is 16.1. The monoisotopic (exact) mass is 388 g/mol. The van der Waals surface area contributed by atoms with E-state index in [4.69, 9.17) is 0 Å². The van der Waals surface area contributed by atoms with Crippen LogP contribution in [-0.2, 0) is 9.59 Å². The highest BCUT2D eigenvalue weighted by Crippen LogP contribution is 2.28. The molecule has 3 fully saturated rings. The van der Waals surface area contributed by atoms with Gasteiger partial charge in [-0.25, -0.2) is 9.82 Å². The number of halogens is 1. The van der Waals surface area contributed by atoms with Gasteiger partial charge in [-0.2, -0.15) is 0 Å². The van der Waals surface area contributed by atoms with Crippen molar-refractivity contribution < 1.29 is 14.0 Å². The first kappa shape index (κ1) is 19.3. The van der Waals surface area contributed by atoms with Crippen LogP contribution in [0.25, 0.3) is 0 Å². The van der Waals surface area contributed by atoms with Crippen molar-refractivity contribution in [2.75, 3.05) is 13.1 Å². The largest absolute Gasteiger partial charge is 0.351 e. The molecule has 0 aromatic heterocycles. The topological polar surface area (TPSA) is 73.5 Å². The van der Waals surface area contributed by atoms with E-state index in [-0.39, 0.29) is 35.6 Å². The van der Waals surface area contributed by atoms with Crippen LogP contribution in [-0.4, -0.2) is 41.9 Å². The van der Waals surface area contributed by atoms with Gasteiger partial charge in [-0.3, -0.25) is 15.0 Å². The molecule has 1 aliphatic carbocycles. The molecule has 7 heteroatoms. The van der Waals surface area contributed by atoms with Gasteiger partial charge < -0.3 is 10.2 Å². The smallest absolute Gasteiger partial charge is 0.226 e. The van der Waals surface area contributed by atoms with Crippen LogP contribution in [0.2, 0.25) is 0 Å². The molecular formula is C21H29FN4O2. The lowest BCUT2D eigenvalue weighted by atomic mass is 9.94. The Hall–Kier alpha value is -1.99. The van der Waals surface area contributed by atoms with E-state index in [1.165, 1.54) is 37.8 Å². The van der Waals surface area contributed by atoms with Gasteiger partial charge in [0.2, 0.25) is 11.8 Å². The average molecular weight is 388 g/mol. The number of likely N-dealkylation sites (tertiary alicyclic amines) is 1. The number of hydrazine groups is 1. The quantitative estimate of drug-likeness (QED) is 0.690. The Labute approximate surface area is 165 Å². The lowest BCUT2D eigenvalue weighted by molar-refractivity contribution is -0.129. The van der Waals surface area contributed by atoms with Crippen LogP contribution in [0.15, 0.2) is 24.3 Å². The fourth-order valence-corrected chi connectivity index (χ4v) is 4.82. The lowest BCUT2D eigenvalue weighted by Gasteiger charge is -2.27. The number of benzene rings is 1. The molecule has 2 aliphatic heterocycles. The summed E-state index contributed by atoms with van der Waals surface area (Å²) in [6.45, 7) is 1.08. The molecule has 6 nitrogen and oxygen atoms in total. The second-order valence-corrected chi connectivity index (χ2v) is 8.27. The van der Waals surface area contributed by atoms with Gasteiger partial charge in [0.25, 0.3) is 0 Å². The fourth-order valence-electron chi connectivity index (χ4n) is 4.82. The highest BCUT2D eigenvalue weighted by atomic mass is 19.1. The molecule has 3 atom stereocenters. The van der Waals surface area contributed by atoms with Gasteiger partial charge in [0.1, 0.15) is 5.82 Å². The molecule has 0 radical (unpaired) electrons. The standard InChI is InChI=1S/C21H29FN4O2/c22-15-7-5-6-14(10-15)20-18(12-23-25-20)21(28)24-16-11-19(27)26(13-16)17-8-3-1-2-4-9-17/h5-7,10,16-18,20,23,25H,1-4,8-9,11-13H2,(H,24,28). The molecule has 1 saturated carbocycles. The van der Waals surface area contributed by atoms with Crippen molar-refractivity contribution in [1.82, 2.24) is 21.1 Å². The van der Waals surface area contributed by atoms with Gasteiger partial charge >= 0.3 is 0 Å². The average Bonchev–Trinajstić information content (AvgIpc) is 3.21. The van der Waals surface area contributed by atoms with E-state index in [0.29, 0.717) is 25.6 Å². The van der Waals surface area contributed by atoms with Crippen molar-refractivity contribution in [2.45, 2.75) is 63.1 Å². The molecule has 28 heavy (non-hydrogen) atoms. The molecule has 3 unspecified atom stereocenters. The molecule has 0 spiro atoms. The van der Waals surface area contributed by atoms with Crippen molar-refractivity contribution in [3.63, 3.8) is 0 Å². The van der Waals surface area contributed by atoms with Crippen molar-refractivity contribution >= 4 is 11.8 Å². The van der Waals surface area contributed by atoms with Crippen LogP contribution < -0.4 is 16.2 Å². The summed E-state index contributed by atoms with van der Waals surface area (Å²) in [6.07, 6.45) is 7.39. The van der Waals surface area contributed by atoms with E-state index in [1.807, 2.05) is 11.0 Å². The number of carbonyl (C=O) groups is 2. The Morgan fingerprint density at radius 3 is 2.71 bits per heavy atom. The predicted octanol–water partition coefficient (Wildman–Crippen LogP) is 2.03. The van der Waals surface area contributed by atoms with Crippen LogP contribution in [0, 0.1) is 11.7 Å². The number of hydrogen-bond donors (Lipinski definition) is 3. The summed E-state index contributed by atoms with van der Waals surface area (Å²) in [4.78, 5) is 27.4. The summed E-state index contributed by atoms with van der Waals surface area (Å²) in [6, 6.07) is 6.22. The minimum Gasteiger partial charge on any atom is -0.351 e. The van der Waals surface area contributed by atoms with Crippen LogP contribution in [0.1, 0.15) is 56.6 Å². The van der Waals surface area contributed by atoms with Gasteiger partial charge in [0.15, 0.2) is 0 Å². The summed E-state index contributed by atoms with van der Waals surface area (Å²) in [5, 5.41) is 3.08. The summed E-state index contributed by atoms with van der Waals surface area (Å²) in [7, 11) is 0. The van der Waals surface area contributed by atoms with E-state index >= 15 is 0 Å². The first-order chi connectivity index (χ1) is 13.6. The van der Waals surface area contributed by atoms with Crippen molar-refractivity contribution in [2.24, 2.45) is 5.92 Å². The number of rotatable bonds is 4. The van der Waals surface area contributed by atoms with E-state index in [9.17, 15) is 14.0 Å². The van der Waals surface area contributed by atoms with Crippen LogP contribution >= 0.6 is 0 Å². The Morgan fingerprint density at radius 1 is 1.18 bits per heavy atom. The lowest BCUT2D eigenvalue weighted by Crippen LogP contribution is -2.44. The summed E-state index contributed by atoms with van der Waals surface area (Å²) in [5.41, 5.74) is 6.83. The maximum absolute atomic E-state index is 13.6. The zero-order chi connectivity index (χ0) is 19.5. The van der Waals surface area contributed by atoms with Crippen molar-refractivity contribution in [1.29, 1.82) is 0 Å². The van der Waals surface area contributed by atoms with Crippen LogP contribution in [0.5, 0.6) is 0 Å². The highest BCUT2D eigenvalue weighted by molar-refractivity contribution is 5.84. The van der Waals surface area contributed by atoms with Gasteiger partial charge in [-0.1, -0.05) is 37.8 Å². The molecule has 2 amide bonds. The first-order valence-corrected chi connectivity index (χ1v) is 10.5. The van der Waals surface area contributed by atoms with Gasteiger partial charge in [0.05, 0.1) is 18.0 Å². The van der Waals surface area contributed by atoms with Crippen molar-refractivity contribution in [3.8, 4) is 0 Å². The van der Waals surface area contributed by atoms with E-state index in [2.05, 4.69) is 16.2 Å². The van der Waals surface area contributed by atoms with E-state index in [0.717, 1.165) is 18.4 Å². The molecule has 2 heterocycles. The first-order valence-electron chi connectivity index (χ1n) is 10.5. The highest BCUT2D eigenvalue weighted by Gasteiger charge is 2.39. The van der Waals surface area contributed by atoms with Gasteiger partial charge in [-0.05, 0) is 30.5 Å². The van der Waals surface area contributed by atoms with E-state index < -0.39 is 0 Å². The third kappa shape index (κ3) is 4.20. The maximum Gasteiger partial charge on any atom is 0.226 e. The van der Waals surface area contributed by atoms with Crippen LogP contribution in [0.4, 0.5) is 4.39 Å². The Bertz CT molecular complexity index is 720. The fraction of sp³-hybridized carbons (Fsp3) is 0.619. The third-order valence-electron chi connectivity index (χ3n) is 6.30. The number of amides is 2. The third-order valence-corrected chi connectivity index (χ3v) is 6.30. The number of nitrogens with zero attached hydrogens (tertiary/aromatic N) is 1. The van der Waals surface area contributed by atoms with E-state index in [1.54, 1.807) is 6.07 Å². The second kappa shape index (κ2) is 8.57. The zero-order valence-corrected chi connectivity index (χ0v) is 16.1. The minimum absolute atomic E-state index is 0.0905. The summed E-state index contributed by atoms with van der Waals surface area (Å²) in [5.74, 6) is -0.594. The molecule has 2 saturated heterocycles. The Balaban J connectivity index is 1.37. The number of carbonyl (C=O) groups excluding carboxylic acids is 2. The SMILES string of the molecule is O=C(NC1CC(=O)N(C2CCCCCC2)C1)C1CNNC1c1cccc(F)c1. The molecule has 3 N–H and O–H groups in total. The molecule has 0 bridgehead atoms.